The van der Waals surface area contributed by atoms with Crippen LogP contribution in [-0.2, 0) is 5.41 Å². The molecule has 0 amide bonds. The van der Waals surface area contributed by atoms with Crippen molar-refractivity contribution in [1.82, 2.24) is 4.90 Å². The van der Waals surface area contributed by atoms with Gasteiger partial charge in [0, 0.05) is 13.3 Å². The van der Waals surface area contributed by atoms with Crippen molar-refractivity contribution in [3.8, 4) is 0 Å². The van der Waals surface area contributed by atoms with Crippen molar-refractivity contribution in [3.05, 3.63) is 35.4 Å². The highest BCUT2D eigenvalue weighted by atomic mass is 35.5. The van der Waals surface area contributed by atoms with E-state index < -0.39 is 0 Å². The molecule has 1 aromatic carbocycles. The molecule has 1 heterocycles. The Morgan fingerprint density at radius 3 is 2.88 bits per heavy atom. The molecule has 2 nitrogen and oxygen atoms in total. The van der Waals surface area contributed by atoms with Gasteiger partial charge in [0.2, 0.25) is 0 Å². The molecule has 2 aliphatic rings. The Bertz CT molecular complexity index is 447. The molecule has 1 aromatic rings. The average molecular weight is 239 g/mol. The minimum absolute atomic E-state index is 0.226. The van der Waals surface area contributed by atoms with Crippen molar-refractivity contribution in [2.24, 2.45) is 0 Å². The van der Waals surface area contributed by atoms with Crippen LogP contribution in [0.3, 0.4) is 0 Å². The van der Waals surface area contributed by atoms with Crippen LogP contribution in [0.15, 0.2) is 24.3 Å². The summed E-state index contributed by atoms with van der Waals surface area (Å²) in [6.45, 7) is -0.372. The Labute approximate surface area is 102 Å². The van der Waals surface area contributed by atoms with Gasteiger partial charge in [0.25, 0.3) is 0 Å². The van der Waals surface area contributed by atoms with E-state index >= 15 is 0 Å². The van der Waals surface area contributed by atoms with Crippen LogP contribution in [0.25, 0.3) is 0 Å². The standard InChI is InChI=1S/C13H16ClNO/c1-15-8-13(6-9(16)7-13)11-5-3-2-4-10(11)12(15)14/h2-5,9,12,16H,6-8H2,1H3/i8D. The number of nitrogens with zero attached hydrogens (tertiary/aromatic N) is 1. The van der Waals surface area contributed by atoms with E-state index in [1.165, 1.54) is 0 Å². The molecule has 2 unspecified atom stereocenters. The van der Waals surface area contributed by atoms with Crippen LogP contribution >= 0.6 is 11.6 Å². The molecule has 1 spiro atoms. The van der Waals surface area contributed by atoms with E-state index in [0.29, 0.717) is 12.8 Å². The average Bonchev–Trinajstić information content (AvgIpc) is 2.30. The maximum Gasteiger partial charge on any atom is 0.111 e. The molecule has 1 aliphatic heterocycles. The van der Waals surface area contributed by atoms with Gasteiger partial charge in [-0.05, 0) is 31.0 Å². The van der Waals surface area contributed by atoms with Crippen LogP contribution in [0.1, 0.15) is 30.8 Å². The van der Waals surface area contributed by atoms with Crippen molar-refractivity contribution in [2.75, 3.05) is 13.6 Å². The van der Waals surface area contributed by atoms with Gasteiger partial charge in [-0.1, -0.05) is 24.3 Å². The van der Waals surface area contributed by atoms with E-state index in [2.05, 4.69) is 6.07 Å². The quantitative estimate of drug-likeness (QED) is 0.554. The summed E-state index contributed by atoms with van der Waals surface area (Å²) < 4.78 is 8.36. The van der Waals surface area contributed by atoms with Gasteiger partial charge in [0.15, 0.2) is 0 Å². The SMILES string of the molecule is [2H]C1N(C)C(Cl)c2ccccc2C12CC(O)C2. The second kappa shape index (κ2) is 3.46. The summed E-state index contributed by atoms with van der Waals surface area (Å²) in [5.74, 6) is 0. The molecule has 1 N–H and O–H groups in total. The molecular weight excluding hydrogens is 222 g/mol. The molecule has 3 heteroatoms. The molecule has 0 saturated heterocycles. The summed E-state index contributed by atoms with van der Waals surface area (Å²) in [5, 5.41) is 9.63. The Balaban J connectivity index is 2.13. The van der Waals surface area contributed by atoms with Crippen LogP contribution in [-0.4, -0.2) is 29.7 Å². The number of hydrogen-bond acceptors (Lipinski definition) is 2. The van der Waals surface area contributed by atoms with E-state index in [4.69, 9.17) is 13.0 Å². The largest absolute Gasteiger partial charge is 0.393 e. The fraction of sp³-hybridized carbons (Fsp3) is 0.538. The normalized spacial score (nSPS) is 43.7. The van der Waals surface area contributed by atoms with Crippen LogP contribution in [0.4, 0.5) is 0 Å². The van der Waals surface area contributed by atoms with Gasteiger partial charge < -0.3 is 5.11 Å². The second-order valence-corrected chi connectivity index (χ2v) is 5.35. The number of aliphatic hydroxyl groups excluding tert-OH is 1. The first kappa shape index (κ1) is 9.46. The van der Waals surface area contributed by atoms with Crippen molar-refractivity contribution >= 4 is 11.6 Å². The minimum atomic E-state index is -0.372. The third-order valence-corrected chi connectivity index (χ3v) is 4.30. The molecule has 16 heavy (non-hydrogen) atoms. The number of hydrogen-bond donors (Lipinski definition) is 1. The highest BCUT2D eigenvalue weighted by Crippen LogP contribution is 2.51. The van der Waals surface area contributed by atoms with E-state index in [0.717, 1.165) is 11.1 Å². The molecule has 0 bridgehead atoms. The van der Waals surface area contributed by atoms with Crippen LogP contribution in [0.2, 0.25) is 0 Å². The zero-order valence-corrected chi connectivity index (χ0v) is 9.98. The number of fused-ring (bicyclic) bond motifs is 2. The second-order valence-electron chi connectivity index (χ2n) is 4.94. The minimum Gasteiger partial charge on any atom is -0.393 e. The molecule has 0 radical (unpaired) electrons. The third kappa shape index (κ3) is 1.33. The predicted octanol–water partition coefficient (Wildman–Crippen LogP) is 2.26. The molecule has 1 saturated carbocycles. The Morgan fingerprint density at radius 2 is 2.19 bits per heavy atom. The lowest BCUT2D eigenvalue weighted by atomic mass is 9.60. The first-order valence-corrected chi connectivity index (χ1v) is 6.05. The molecule has 1 fully saturated rings. The maximum atomic E-state index is 9.63. The van der Waals surface area contributed by atoms with Crippen LogP contribution in [0.5, 0.6) is 0 Å². The summed E-state index contributed by atoms with van der Waals surface area (Å²) in [6, 6.07) is 8.06. The lowest BCUT2D eigenvalue weighted by Gasteiger charge is -2.52. The van der Waals surface area contributed by atoms with Gasteiger partial charge in [-0.25, -0.2) is 0 Å². The molecule has 2 atom stereocenters. The molecule has 86 valence electrons. The Morgan fingerprint density at radius 1 is 1.50 bits per heavy atom. The Hall–Kier alpha value is -0.570. The van der Waals surface area contributed by atoms with E-state index in [-0.39, 0.29) is 23.5 Å². The van der Waals surface area contributed by atoms with Gasteiger partial charge in [-0.3, -0.25) is 4.90 Å². The highest BCUT2D eigenvalue weighted by molar-refractivity contribution is 6.20. The monoisotopic (exact) mass is 238 g/mol. The Kier molecular flexibility index (Phi) is 2.05. The zero-order valence-electron chi connectivity index (χ0n) is 10.2. The molecule has 3 rings (SSSR count). The van der Waals surface area contributed by atoms with Crippen molar-refractivity contribution in [2.45, 2.75) is 29.9 Å². The fourth-order valence-electron chi connectivity index (χ4n) is 3.01. The molecule has 0 aromatic heterocycles. The number of halogens is 1. The van der Waals surface area contributed by atoms with Crippen molar-refractivity contribution < 1.29 is 6.48 Å². The predicted molar refractivity (Wildman–Crippen MR) is 64.6 cm³/mol. The third-order valence-electron chi connectivity index (χ3n) is 3.76. The van der Waals surface area contributed by atoms with Gasteiger partial charge in [0.05, 0.1) is 6.10 Å². The zero-order chi connectivity index (χ0) is 12.2. The number of alkyl halides is 1. The maximum absolute atomic E-state index is 9.63. The lowest BCUT2D eigenvalue weighted by molar-refractivity contribution is -0.00738. The van der Waals surface area contributed by atoms with Crippen molar-refractivity contribution in [1.29, 1.82) is 0 Å². The summed E-state index contributed by atoms with van der Waals surface area (Å²) >= 11 is 6.38. The molecular formula is C13H16ClNO. The number of benzene rings is 1. The number of likely N-dealkylation sites (N-methyl/N-ethyl adjacent to an activating group) is 1. The van der Waals surface area contributed by atoms with Gasteiger partial charge >= 0.3 is 0 Å². The summed E-state index contributed by atoms with van der Waals surface area (Å²) in [4.78, 5) is 1.88. The first-order valence-electron chi connectivity index (χ1n) is 6.20. The topological polar surface area (TPSA) is 23.5 Å². The molecule has 1 aliphatic carbocycles. The summed E-state index contributed by atoms with van der Waals surface area (Å²) in [7, 11) is 1.89. The summed E-state index contributed by atoms with van der Waals surface area (Å²) in [5.41, 5.74) is 1.78. The van der Waals surface area contributed by atoms with E-state index in [1.807, 2.05) is 30.1 Å². The van der Waals surface area contributed by atoms with E-state index in [1.54, 1.807) is 0 Å². The summed E-state index contributed by atoms with van der Waals surface area (Å²) in [6.07, 6.45) is 1.08. The lowest BCUT2D eigenvalue weighted by Crippen LogP contribution is -2.54. The van der Waals surface area contributed by atoms with Gasteiger partial charge in [0.1, 0.15) is 5.50 Å². The van der Waals surface area contributed by atoms with Gasteiger partial charge in [-0.15, -0.1) is 11.6 Å². The number of rotatable bonds is 0. The number of aliphatic hydroxyl groups is 1. The highest BCUT2D eigenvalue weighted by Gasteiger charge is 2.50. The smallest absolute Gasteiger partial charge is 0.111 e. The van der Waals surface area contributed by atoms with Crippen molar-refractivity contribution in [3.63, 3.8) is 0 Å². The first-order chi connectivity index (χ1) is 8.06. The fourth-order valence-corrected chi connectivity index (χ4v) is 3.26. The van der Waals surface area contributed by atoms with E-state index in [9.17, 15) is 5.11 Å². The van der Waals surface area contributed by atoms with Crippen LogP contribution < -0.4 is 0 Å². The van der Waals surface area contributed by atoms with Crippen LogP contribution in [0, 0.1) is 0 Å². The van der Waals surface area contributed by atoms with Gasteiger partial charge in [-0.2, -0.15) is 0 Å².